The number of nitrogens with one attached hydrogen (secondary N) is 1. The number of methoxy groups -OCH3 is 1. The molecule has 168 valence electrons. The highest BCUT2D eigenvalue weighted by molar-refractivity contribution is 6.13. The van der Waals surface area contributed by atoms with Gasteiger partial charge < -0.3 is 19.2 Å². The number of ether oxygens (including phenoxy) is 2. The zero-order valence-electron chi connectivity index (χ0n) is 17.5. The van der Waals surface area contributed by atoms with Crippen LogP contribution in [-0.4, -0.2) is 29.9 Å². The van der Waals surface area contributed by atoms with Gasteiger partial charge >= 0.3 is 12.0 Å². The van der Waals surface area contributed by atoms with E-state index in [-0.39, 0.29) is 36.2 Å². The zero-order chi connectivity index (χ0) is 23.4. The van der Waals surface area contributed by atoms with E-state index < -0.39 is 17.9 Å². The van der Waals surface area contributed by atoms with Gasteiger partial charge in [-0.1, -0.05) is 24.3 Å². The number of hydrogen-bond donors (Lipinski definition) is 1. The van der Waals surface area contributed by atoms with E-state index in [1.807, 2.05) is 0 Å². The Morgan fingerprint density at radius 2 is 1.79 bits per heavy atom. The molecular weight excluding hydrogens is 431 g/mol. The smallest absolute Gasteiger partial charge is 0.373 e. The molecule has 0 spiro atoms. The Labute approximate surface area is 188 Å². The van der Waals surface area contributed by atoms with Gasteiger partial charge in [0.1, 0.15) is 29.6 Å². The molecule has 33 heavy (non-hydrogen) atoms. The van der Waals surface area contributed by atoms with E-state index in [0.29, 0.717) is 11.3 Å². The lowest BCUT2D eigenvalue weighted by molar-refractivity contribution is -0.123. The molecule has 0 radical (unpaired) electrons. The number of carbonyl (C=O) groups is 3. The van der Waals surface area contributed by atoms with Gasteiger partial charge in [-0.3, -0.25) is 9.69 Å². The average molecular weight is 450 g/mol. The lowest BCUT2D eigenvalue weighted by Gasteiger charge is -2.09. The van der Waals surface area contributed by atoms with Crippen LogP contribution in [0.1, 0.15) is 27.4 Å². The van der Waals surface area contributed by atoms with Crippen molar-refractivity contribution in [2.24, 2.45) is 0 Å². The van der Waals surface area contributed by atoms with Crippen molar-refractivity contribution in [1.82, 2.24) is 10.2 Å². The second kappa shape index (κ2) is 9.39. The van der Waals surface area contributed by atoms with E-state index in [0.717, 1.165) is 10.5 Å². The molecule has 3 aromatic rings. The standard InChI is InChI=1S/C24H19FN2O6/c1-31-23(29)21-11-10-19(33-21)13-27-22(28)20(26-24(27)30)12-15-4-8-18(9-5-15)32-14-16-2-6-17(25)7-3-16/h2-12H,13-14H2,1H3,(H,26,30). The van der Waals surface area contributed by atoms with E-state index >= 15 is 0 Å². The minimum Gasteiger partial charge on any atom is -0.489 e. The molecule has 9 heteroatoms. The summed E-state index contributed by atoms with van der Waals surface area (Å²) in [7, 11) is 1.23. The van der Waals surface area contributed by atoms with Gasteiger partial charge in [-0.05, 0) is 53.6 Å². The van der Waals surface area contributed by atoms with Crippen molar-refractivity contribution in [1.29, 1.82) is 0 Å². The van der Waals surface area contributed by atoms with Gasteiger partial charge in [0.15, 0.2) is 0 Å². The molecule has 0 bridgehead atoms. The van der Waals surface area contributed by atoms with Gasteiger partial charge in [0.2, 0.25) is 5.76 Å². The first kappa shape index (κ1) is 21.8. The number of imide groups is 1. The Morgan fingerprint density at radius 1 is 1.06 bits per heavy atom. The van der Waals surface area contributed by atoms with E-state index in [1.165, 1.54) is 31.4 Å². The maximum Gasteiger partial charge on any atom is 0.373 e. The Kier molecular flexibility index (Phi) is 6.21. The summed E-state index contributed by atoms with van der Waals surface area (Å²) in [4.78, 5) is 37.4. The van der Waals surface area contributed by atoms with Crippen molar-refractivity contribution >= 4 is 24.0 Å². The number of amides is 3. The molecule has 8 nitrogen and oxygen atoms in total. The van der Waals surface area contributed by atoms with Crippen LogP contribution in [0.4, 0.5) is 9.18 Å². The highest BCUT2D eigenvalue weighted by Gasteiger charge is 2.34. The molecule has 2 heterocycles. The van der Waals surface area contributed by atoms with Crippen LogP contribution in [0.25, 0.3) is 6.08 Å². The van der Waals surface area contributed by atoms with Gasteiger partial charge in [-0.25, -0.2) is 14.0 Å². The van der Waals surface area contributed by atoms with Crippen LogP contribution in [0.5, 0.6) is 5.75 Å². The molecule has 1 aromatic heterocycles. The third-order valence-electron chi connectivity index (χ3n) is 4.83. The van der Waals surface area contributed by atoms with E-state index in [9.17, 15) is 18.8 Å². The van der Waals surface area contributed by atoms with Crippen LogP contribution in [0.2, 0.25) is 0 Å². The van der Waals surface area contributed by atoms with Crippen molar-refractivity contribution in [3.05, 3.63) is 94.8 Å². The molecule has 0 aliphatic carbocycles. The number of benzene rings is 2. The lowest BCUT2D eigenvalue weighted by atomic mass is 10.2. The molecule has 2 aromatic carbocycles. The summed E-state index contributed by atoms with van der Waals surface area (Å²) < 4.78 is 28.5. The van der Waals surface area contributed by atoms with Crippen LogP contribution >= 0.6 is 0 Å². The number of esters is 1. The molecule has 0 saturated carbocycles. The Hall–Kier alpha value is -4.40. The topological polar surface area (TPSA) is 98.1 Å². The van der Waals surface area contributed by atoms with Crippen LogP contribution in [0.3, 0.4) is 0 Å². The van der Waals surface area contributed by atoms with Gasteiger partial charge in [0, 0.05) is 0 Å². The summed E-state index contributed by atoms with van der Waals surface area (Å²) in [5, 5.41) is 2.53. The highest BCUT2D eigenvalue weighted by atomic mass is 19.1. The number of halogens is 1. The molecule has 1 aliphatic heterocycles. The first-order valence-corrected chi connectivity index (χ1v) is 9.92. The summed E-state index contributed by atoms with van der Waals surface area (Å²) in [5.74, 6) is -0.626. The summed E-state index contributed by atoms with van der Waals surface area (Å²) in [5.41, 5.74) is 1.62. The molecule has 1 N–H and O–H groups in total. The Bertz CT molecular complexity index is 1210. The molecule has 3 amide bonds. The predicted molar refractivity (Wildman–Crippen MR) is 114 cm³/mol. The van der Waals surface area contributed by atoms with Gasteiger partial charge in [-0.2, -0.15) is 0 Å². The third-order valence-corrected chi connectivity index (χ3v) is 4.83. The average Bonchev–Trinajstić information content (AvgIpc) is 3.39. The summed E-state index contributed by atoms with van der Waals surface area (Å²) >= 11 is 0. The van der Waals surface area contributed by atoms with Gasteiger partial charge in [0.05, 0.1) is 13.7 Å². The quantitative estimate of drug-likeness (QED) is 0.333. The second-order valence-electron chi connectivity index (χ2n) is 7.12. The summed E-state index contributed by atoms with van der Waals surface area (Å²) in [6, 6.07) is 15.3. The van der Waals surface area contributed by atoms with Crippen molar-refractivity contribution < 1.29 is 32.7 Å². The number of rotatable bonds is 7. The van der Waals surface area contributed by atoms with Crippen molar-refractivity contribution in [2.45, 2.75) is 13.2 Å². The van der Waals surface area contributed by atoms with E-state index in [4.69, 9.17) is 9.15 Å². The van der Waals surface area contributed by atoms with Crippen LogP contribution in [0.15, 0.2) is 70.8 Å². The molecule has 0 atom stereocenters. The fourth-order valence-electron chi connectivity index (χ4n) is 3.12. The van der Waals surface area contributed by atoms with E-state index in [1.54, 1.807) is 42.5 Å². The van der Waals surface area contributed by atoms with Gasteiger partial charge in [0.25, 0.3) is 5.91 Å². The van der Waals surface area contributed by atoms with Crippen molar-refractivity contribution in [2.75, 3.05) is 7.11 Å². The molecular formula is C24H19FN2O6. The fourth-order valence-corrected chi connectivity index (χ4v) is 3.12. The Balaban J connectivity index is 1.39. The highest BCUT2D eigenvalue weighted by Crippen LogP contribution is 2.20. The summed E-state index contributed by atoms with van der Waals surface area (Å²) in [6.07, 6.45) is 1.55. The molecule has 0 unspecified atom stereocenters. The second-order valence-corrected chi connectivity index (χ2v) is 7.12. The number of carbonyl (C=O) groups excluding carboxylic acids is 3. The number of furan rings is 1. The monoisotopic (exact) mass is 450 g/mol. The largest absolute Gasteiger partial charge is 0.489 e. The van der Waals surface area contributed by atoms with Gasteiger partial charge in [-0.15, -0.1) is 0 Å². The molecule has 1 saturated heterocycles. The lowest BCUT2D eigenvalue weighted by Crippen LogP contribution is -2.30. The first-order chi connectivity index (χ1) is 15.9. The van der Waals surface area contributed by atoms with Crippen LogP contribution < -0.4 is 10.1 Å². The fraction of sp³-hybridized carbons (Fsp3) is 0.125. The minimum absolute atomic E-state index is 0.0166. The van der Waals surface area contributed by atoms with Crippen molar-refractivity contribution in [3.63, 3.8) is 0 Å². The third kappa shape index (κ3) is 5.09. The molecule has 1 aliphatic rings. The number of nitrogens with zero attached hydrogens (tertiary/aromatic N) is 1. The maximum absolute atomic E-state index is 13.0. The predicted octanol–water partition coefficient (Wildman–Crippen LogP) is 3.88. The minimum atomic E-state index is -0.649. The molecule has 4 rings (SSSR count). The SMILES string of the molecule is COC(=O)c1ccc(CN2C(=O)NC(=Cc3ccc(OCc4ccc(F)cc4)cc3)C2=O)o1. The van der Waals surface area contributed by atoms with Crippen molar-refractivity contribution in [3.8, 4) is 5.75 Å². The van der Waals surface area contributed by atoms with Crippen LogP contribution in [-0.2, 0) is 22.7 Å². The number of urea groups is 1. The Morgan fingerprint density at radius 3 is 2.48 bits per heavy atom. The summed E-state index contributed by atoms with van der Waals surface area (Å²) in [6.45, 7) is 0.157. The van der Waals surface area contributed by atoms with Crippen LogP contribution in [0, 0.1) is 5.82 Å². The first-order valence-electron chi connectivity index (χ1n) is 9.92. The van der Waals surface area contributed by atoms with E-state index in [2.05, 4.69) is 10.1 Å². The number of hydrogen-bond acceptors (Lipinski definition) is 6. The maximum atomic E-state index is 13.0. The molecule has 1 fully saturated rings. The normalized spacial score (nSPS) is 14.5. The zero-order valence-corrected chi connectivity index (χ0v) is 17.5.